The summed E-state index contributed by atoms with van der Waals surface area (Å²) in [5.74, 6) is -0.733. The van der Waals surface area contributed by atoms with Crippen molar-refractivity contribution < 1.29 is 9.53 Å². The number of rotatable bonds is 5. The fourth-order valence-electron chi connectivity index (χ4n) is 2.29. The third kappa shape index (κ3) is 4.39. The van der Waals surface area contributed by atoms with E-state index >= 15 is 0 Å². The molecule has 2 nitrogen and oxygen atoms in total. The van der Waals surface area contributed by atoms with Crippen LogP contribution in [0.2, 0.25) is 15.1 Å². The Kier molecular flexibility index (Phi) is 6.13. The molecular formula is C17H15Cl3O2. The van der Waals surface area contributed by atoms with Crippen molar-refractivity contribution in [3.8, 4) is 0 Å². The average Bonchev–Trinajstić information content (AvgIpc) is 2.50. The number of benzene rings is 2. The van der Waals surface area contributed by atoms with Crippen LogP contribution in [0.1, 0.15) is 23.5 Å². The highest BCUT2D eigenvalue weighted by Crippen LogP contribution is 2.31. The fourth-order valence-corrected chi connectivity index (χ4v) is 2.95. The molecular weight excluding hydrogens is 343 g/mol. The molecule has 2 aromatic rings. The molecule has 0 aromatic heterocycles. The summed E-state index contributed by atoms with van der Waals surface area (Å²) in [5, 5.41) is 1.70. The summed E-state index contributed by atoms with van der Waals surface area (Å²) >= 11 is 18.0. The maximum atomic E-state index is 12.1. The molecule has 22 heavy (non-hydrogen) atoms. The molecule has 0 aliphatic rings. The van der Waals surface area contributed by atoms with Gasteiger partial charge in [-0.1, -0.05) is 53.0 Å². The normalized spacial score (nSPS) is 12.0. The number of halogens is 3. The molecule has 2 aromatic carbocycles. The first-order chi connectivity index (χ1) is 10.5. The van der Waals surface area contributed by atoms with E-state index in [2.05, 4.69) is 0 Å². The van der Waals surface area contributed by atoms with Crippen molar-refractivity contribution in [1.82, 2.24) is 0 Å². The van der Waals surface area contributed by atoms with E-state index in [1.165, 1.54) is 7.11 Å². The lowest BCUT2D eigenvalue weighted by Crippen LogP contribution is -2.15. The zero-order chi connectivity index (χ0) is 16.1. The van der Waals surface area contributed by atoms with Gasteiger partial charge in [-0.3, -0.25) is 4.79 Å². The Balaban J connectivity index is 2.19. The Bertz CT molecular complexity index is 653. The summed E-state index contributed by atoms with van der Waals surface area (Å²) in [5.41, 5.74) is 1.83. The lowest BCUT2D eigenvalue weighted by molar-refractivity contribution is -0.142. The number of carbonyl (C=O) groups excluding carboxylic acids is 1. The molecule has 0 spiro atoms. The van der Waals surface area contributed by atoms with Crippen molar-refractivity contribution in [3.63, 3.8) is 0 Å². The molecule has 1 atom stereocenters. The van der Waals surface area contributed by atoms with Gasteiger partial charge in [0.15, 0.2) is 0 Å². The topological polar surface area (TPSA) is 26.3 Å². The van der Waals surface area contributed by atoms with Gasteiger partial charge in [0.25, 0.3) is 0 Å². The van der Waals surface area contributed by atoms with E-state index in [4.69, 9.17) is 39.5 Å². The minimum Gasteiger partial charge on any atom is -0.469 e. The second-order valence-electron chi connectivity index (χ2n) is 4.91. The summed E-state index contributed by atoms with van der Waals surface area (Å²) in [4.78, 5) is 12.1. The first kappa shape index (κ1) is 17.1. The molecule has 5 heteroatoms. The highest BCUT2D eigenvalue weighted by molar-refractivity contribution is 6.35. The minimum absolute atomic E-state index is 0.307. The van der Waals surface area contributed by atoms with Crippen molar-refractivity contribution >= 4 is 40.8 Å². The van der Waals surface area contributed by atoms with Crippen molar-refractivity contribution in [3.05, 3.63) is 68.7 Å². The minimum atomic E-state index is -0.426. The number of ether oxygens (including phenoxy) is 1. The lowest BCUT2D eigenvalue weighted by atomic mass is 9.92. The Morgan fingerprint density at radius 1 is 1.05 bits per heavy atom. The lowest BCUT2D eigenvalue weighted by Gasteiger charge is -2.16. The molecule has 2 rings (SSSR count). The van der Waals surface area contributed by atoms with Crippen LogP contribution < -0.4 is 0 Å². The largest absolute Gasteiger partial charge is 0.469 e. The van der Waals surface area contributed by atoms with Crippen LogP contribution >= 0.6 is 34.8 Å². The van der Waals surface area contributed by atoms with Crippen molar-refractivity contribution in [1.29, 1.82) is 0 Å². The summed E-state index contributed by atoms with van der Waals surface area (Å²) in [6.45, 7) is 0. The van der Waals surface area contributed by atoms with Gasteiger partial charge in [0, 0.05) is 15.1 Å². The molecule has 116 valence electrons. The molecule has 0 N–H and O–H groups in total. The van der Waals surface area contributed by atoms with Crippen LogP contribution in [0.4, 0.5) is 0 Å². The van der Waals surface area contributed by atoms with Gasteiger partial charge in [0.2, 0.25) is 0 Å². The molecule has 0 amide bonds. The van der Waals surface area contributed by atoms with Gasteiger partial charge in [-0.25, -0.2) is 0 Å². The first-order valence-electron chi connectivity index (χ1n) is 6.78. The molecule has 0 saturated carbocycles. The summed E-state index contributed by atoms with van der Waals surface area (Å²) in [6, 6.07) is 12.7. The molecule has 0 saturated heterocycles. The average molecular weight is 358 g/mol. The molecule has 0 radical (unpaired) electrons. The number of hydrogen-bond donors (Lipinski definition) is 0. The van der Waals surface area contributed by atoms with Gasteiger partial charge >= 0.3 is 5.97 Å². The first-order valence-corrected chi connectivity index (χ1v) is 7.92. The van der Waals surface area contributed by atoms with Crippen LogP contribution in [-0.4, -0.2) is 13.1 Å². The summed E-state index contributed by atoms with van der Waals surface area (Å²) in [7, 11) is 1.38. The van der Waals surface area contributed by atoms with Crippen LogP contribution in [0.15, 0.2) is 42.5 Å². The molecule has 0 heterocycles. The third-order valence-corrected chi connectivity index (χ3v) is 4.27. The summed E-state index contributed by atoms with van der Waals surface area (Å²) in [6.07, 6.45) is 1.31. The van der Waals surface area contributed by atoms with Gasteiger partial charge in [-0.15, -0.1) is 0 Å². The summed E-state index contributed by atoms with van der Waals surface area (Å²) < 4.78 is 4.91. The van der Waals surface area contributed by atoms with Crippen molar-refractivity contribution in [2.24, 2.45) is 0 Å². The molecule has 0 aliphatic heterocycles. The highest BCUT2D eigenvalue weighted by Gasteiger charge is 2.23. The Morgan fingerprint density at radius 3 is 2.27 bits per heavy atom. The number of hydrogen-bond acceptors (Lipinski definition) is 2. The predicted octanol–water partition coefficient (Wildman–Crippen LogP) is 5.54. The van der Waals surface area contributed by atoms with E-state index < -0.39 is 5.92 Å². The predicted molar refractivity (Wildman–Crippen MR) is 91.0 cm³/mol. The van der Waals surface area contributed by atoms with Crippen molar-refractivity contribution in [2.45, 2.75) is 18.8 Å². The van der Waals surface area contributed by atoms with E-state index in [-0.39, 0.29) is 5.97 Å². The van der Waals surface area contributed by atoms with Crippen LogP contribution in [0.25, 0.3) is 0 Å². The number of carbonyl (C=O) groups is 1. The molecule has 0 unspecified atom stereocenters. The van der Waals surface area contributed by atoms with Gasteiger partial charge in [-0.2, -0.15) is 0 Å². The van der Waals surface area contributed by atoms with E-state index in [0.29, 0.717) is 21.5 Å². The second kappa shape index (κ2) is 7.87. The second-order valence-corrected chi connectivity index (χ2v) is 6.19. The monoisotopic (exact) mass is 356 g/mol. The Hall–Kier alpha value is -1.22. The quantitative estimate of drug-likeness (QED) is 0.657. The number of aryl methyl sites for hydroxylation is 1. The van der Waals surface area contributed by atoms with Crippen LogP contribution in [0, 0.1) is 0 Å². The SMILES string of the molecule is COC(=O)[C@H](CCc1ccc(Cl)cc1)c1ccc(Cl)cc1Cl. The molecule has 0 bridgehead atoms. The Labute approximate surface area is 144 Å². The van der Waals surface area contributed by atoms with Crippen LogP contribution in [-0.2, 0) is 16.0 Å². The van der Waals surface area contributed by atoms with Gasteiger partial charge in [-0.05, 0) is 48.2 Å². The maximum Gasteiger partial charge on any atom is 0.313 e. The molecule has 0 fully saturated rings. The maximum absolute atomic E-state index is 12.1. The number of esters is 1. The van der Waals surface area contributed by atoms with Crippen molar-refractivity contribution in [2.75, 3.05) is 7.11 Å². The zero-order valence-corrected chi connectivity index (χ0v) is 14.3. The highest BCUT2D eigenvalue weighted by atomic mass is 35.5. The van der Waals surface area contributed by atoms with E-state index in [1.54, 1.807) is 18.2 Å². The fraction of sp³-hybridized carbons (Fsp3) is 0.235. The van der Waals surface area contributed by atoms with E-state index in [9.17, 15) is 4.79 Å². The standard InChI is InChI=1S/C17H15Cl3O2/c1-22-17(21)15(14-9-7-13(19)10-16(14)20)8-4-11-2-5-12(18)6-3-11/h2-3,5-7,9-10,15H,4,8H2,1H3/t15-/m1/s1. The van der Waals surface area contributed by atoms with Gasteiger partial charge < -0.3 is 4.74 Å². The molecule has 0 aliphatic carbocycles. The zero-order valence-electron chi connectivity index (χ0n) is 12.0. The van der Waals surface area contributed by atoms with E-state index in [1.807, 2.05) is 24.3 Å². The Morgan fingerprint density at radius 2 is 1.68 bits per heavy atom. The van der Waals surface area contributed by atoms with E-state index in [0.717, 1.165) is 17.5 Å². The number of methoxy groups -OCH3 is 1. The van der Waals surface area contributed by atoms with Gasteiger partial charge in [0.1, 0.15) is 0 Å². The van der Waals surface area contributed by atoms with Crippen LogP contribution in [0.3, 0.4) is 0 Å². The van der Waals surface area contributed by atoms with Crippen LogP contribution in [0.5, 0.6) is 0 Å². The van der Waals surface area contributed by atoms with Gasteiger partial charge in [0.05, 0.1) is 13.0 Å². The smallest absolute Gasteiger partial charge is 0.313 e. The third-order valence-electron chi connectivity index (χ3n) is 3.46.